The van der Waals surface area contributed by atoms with E-state index in [1.165, 1.54) is 11.0 Å². The van der Waals surface area contributed by atoms with Gasteiger partial charge in [-0.05, 0) is 47.4 Å². The van der Waals surface area contributed by atoms with Gasteiger partial charge in [-0.3, -0.25) is 9.59 Å². The molecule has 0 radical (unpaired) electrons. The van der Waals surface area contributed by atoms with Crippen LogP contribution >= 0.6 is 0 Å². The van der Waals surface area contributed by atoms with Crippen molar-refractivity contribution in [3.63, 3.8) is 0 Å². The lowest BCUT2D eigenvalue weighted by atomic mass is 10.0. The van der Waals surface area contributed by atoms with Gasteiger partial charge in [-0.1, -0.05) is 38.1 Å². The predicted octanol–water partition coefficient (Wildman–Crippen LogP) is 3.60. The minimum absolute atomic E-state index is 0.151. The Bertz CT molecular complexity index is 1010. The van der Waals surface area contributed by atoms with E-state index < -0.39 is 18.5 Å². The van der Waals surface area contributed by atoms with Crippen LogP contribution in [0.1, 0.15) is 41.3 Å². The first-order valence-electron chi connectivity index (χ1n) is 9.71. The van der Waals surface area contributed by atoms with E-state index in [0.29, 0.717) is 22.7 Å². The summed E-state index contributed by atoms with van der Waals surface area (Å²) < 4.78 is 4.95. The van der Waals surface area contributed by atoms with Crippen molar-refractivity contribution in [1.29, 1.82) is 5.26 Å². The van der Waals surface area contributed by atoms with E-state index in [1.807, 2.05) is 24.3 Å². The molecule has 0 fully saturated rings. The zero-order chi connectivity index (χ0) is 23.0. The number of ether oxygens (including phenoxy) is 1. The fourth-order valence-electron chi connectivity index (χ4n) is 2.64. The van der Waals surface area contributed by atoms with Gasteiger partial charge in [-0.25, -0.2) is 4.79 Å². The molecule has 0 aliphatic heterocycles. The molecule has 0 saturated carbocycles. The Hall–Kier alpha value is -3.92. The number of carbonyl (C=O) groups excluding carboxylic acids is 3. The number of carbonyl (C=O) groups is 3. The highest BCUT2D eigenvalue weighted by atomic mass is 16.5. The summed E-state index contributed by atoms with van der Waals surface area (Å²) >= 11 is 0. The number of anilines is 1. The van der Waals surface area contributed by atoms with Crippen LogP contribution in [0.4, 0.5) is 5.69 Å². The van der Waals surface area contributed by atoms with Crippen molar-refractivity contribution >= 4 is 29.5 Å². The van der Waals surface area contributed by atoms with Gasteiger partial charge in [0.15, 0.2) is 6.61 Å². The normalized spacial score (nSPS) is 10.9. The highest BCUT2D eigenvalue weighted by molar-refractivity contribution is 6.00. The molecule has 7 heteroatoms. The number of nitrogens with one attached hydrogen (secondary N) is 1. The van der Waals surface area contributed by atoms with Crippen molar-refractivity contribution in [2.24, 2.45) is 0 Å². The number of rotatable bonds is 7. The predicted molar refractivity (Wildman–Crippen MR) is 118 cm³/mol. The zero-order valence-electron chi connectivity index (χ0n) is 18.0. The first-order chi connectivity index (χ1) is 14.7. The van der Waals surface area contributed by atoms with Gasteiger partial charge in [0.05, 0.1) is 0 Å². The number of hydrogen-bond acceptors (Lipinski definition) is 5. The van der Waals surface area contributed by atoms with Crippen molar-refractivity contribution < 1.29 is 19.1 Å². The summed E-state index contributed by atoms with van der Waals surface area (Å²) in [4.78, 5) is 37.5. The maximum atomic E-state index is 12.2. The van der Waals surface area contributed by atoms with E-state index in [-0.39, 0.29) is 11.5 Å². The van der Waals surface area contributed by atoms with Gasteiger partial charge < -0.3 is 15.0 Å². The molecule has 7 nitrogen and oxygen atoms in total. The molecule has 0 saturated heterocycles. The molecule has 0 aromatic heterocycles. The first-order valence-corrected chi connectivity index (χ1v) is 9.71. The standard InChI is InChI=1S/C24H25N3O4/c1-16(2)18-7-5-17(6-8-18)13-20(14-25)24(30)31-15-22(28)26-21-11-9-19(10-12-21)23(29)27(3)4/h5-13,16H,15H2,1-4H3,(H,26,28)/b20-13+. The van der Waals surface area contributed by atoms with Gasteiger partial charge >= 0.3 is 5.97 Å². The summed E-state index contributed by atoms with van der Waals surface area (Å²) in [5.74, 6) is -1.21. The lowest BCUT2D eigenvalue weighted by molar-refractivity contribution is -0.142. The van der Waals surface area contributed by atoms with Crippen molar-refractivity contribution in [3.05, 3.63) is 70.8 Å². The molecule has 0 unspecified atom stereocenters. The van der Waals surface area contributed by atoms with Crippen molar-refractivity contribution in [2.45, 2.75) is 19.8 Å². The third-order valence-corrected chi connectivity index (χ3v) is 4.41. The number of benzene rings is 2. The number of esters is 1. The van der Waals surface area contributed by atoms with Crippen LogP contribution in [0.2, 0.25) is 0 Å². The van der Waals surface area contributed by atoms with Crippen LogP contribution in [-0.4, -0.2) is 43.4 Å². The minimum atomic E-state index is -0.877. The first kappa shape index (κ1) is 23.4. The fraction of sp³-hybridized carbons (Fsp3) is 0.250. The number of amides is 2. The number of nitrogens with zero attached hydrogens (tertiary/aromatic N) is 2. The Morgan fingerprint density at radius 2 is 1.68 bits per heavy atom. The van der Waals surface area contributed by atoms with Crippen LogP contribution in [-0.2, 0) is 14.3 Å². The largest absolute Gasteiger partial charge is 0.451 e. The molecule has 0 heterocycles. The monoisotopic (exact) mass is 419 g/mol. The third-order valence-electron chi connectivity index (χ3n) is 4.41. The molecule has 2 aromatic carbocycles. The molecule has 2 aromatic rings. The van der Waals surface area contributed by atoms with Gasteiger partial charge in [0, 0.05) is 25.3 Å². The van der Waals surface area contributed by atoms with Gasteiger partial charge in [-0.15, -0.1) is 0 Å². The Kier molecular flexibility index (Phi) is 8.09. The van der Waals surface area contributed by atoms with Crippen molar-refractivity contribution in [2.75, 3.05) is 26.0 Å². The van der Waals surface area contributed by atoms with E-state index in [9.17, 15) is 19.6 Å². The van der Waals surface area contributed by atoms with Crippen molar-refractivity contribution in [3.8, 4) is 6.07 Å². The smallest absolute Gasteiger partial charge is 0.349 e. The van der Waals surface area contributed by atoms with E-state index in [0.717, 1.165) is 5.56 Å². The SMILES string of the molecule is CC(C)c1ccc(/C=C(\C#N)C(=O)OCC(=O)Nc2ccc(C(=O)N(C)C)cc2)cc1. The van der Waals surface area contributed by atoms with E-state index in [1.54, 1.807) is 44.4 Å². The Balaban J connectivity index is 1.93. The van der Waals surface area contributed by atoms with Gasteiger partial charge in [0.25, 0.3) is 11.8 Å². The van der Waals surface area contributed by atoms with Crippen LogP contribution < -0.4 is 5.32 Å². The lowest BCUT2D eigenvalue weighted by Gasteiger charge is -2.11. The summed E-state index contributed by atoms with van der Waals surface area (Å²) in [5.41, 5.74) is 2.58. The molecule has 0 aliphatic carbocycles. The molecule has 2 amide bonds. The lowest BCUT2D eigenvalue weighted by Crippen LogP contribution is -2.22. The average Bonchev–Trinajstić information content (AvgIpc) is 2.76. The molecule has 2 rings (SSSR count). The van der Waals surface area contributed by atoms with Crippen LogP contribution in [0.3, 0.4) is 0 Å². The molecular formula is C24H25N3O4. The fourth-order valence-corrected chi connectivity index (χ4v) is 2.64. The molecule has 1 N–H and O–H groups in total. The third kappa shape index (κ3) is 6.82. The van der Waals surface area contributed by atoms with Gasteiger partial charge in [0.1, 0.15) is 11.6 Å². The van der Waals surface area contributed by atoms with Crippen LogP contribution in [0.5, 0.6) is 0 Å². The highest BCUT2D eigenvalue weighted by Crippen LogP contribution is 2.16. The second kappa shape index (κ2) is 10.7. The molecular weight excluding hydrogens is 394 g/mol. The second-order valence-electron chi connectivity index (χ2n) is 7.39. The van der Waals surface area contributed by atoms with Gasteiger partial charge in [0.2, 0.25) is 0 Å². The van der Waals surface area contributed by atoms with Crippen LogP contribution in [0, 0.1) is 11.3 Å². The Morgan fingerprint density at radius 3 is 2.19 bits per heavy atom. The summed E-state index contributed by atoms with van der Waals surface area (Å²) in [6, 6.07) is 15.6. The summed E-state index contributed by atoms with van der Waals surface area (Å²) in [5, 5.41) is 11.8. The molecule has 160 valence electrons. The van der Waals surface area contributed by atoms with E-state index in [2.05, 4.69) is 19.2 Å². The molecule has 0 aliphatic rings. The summed E-state index contributed by atoms with van der Waals surface area (Å²) in [6.07, 6.45) is 1.42. The summed E-state index contributed by atoms with van der Waals surface area (Å²) in [7, 11) is 3.30. The van der Waals surface area contributed by atoms with E-state index in [4.69, 9.17) is 4.74 Å². The Morgan fingerprint density at radius 1 is 1.06 bits per heavy atom. The highest BCUT2D eigenvalue weighted by Gasteiger charge is 2.14. The second-order valence-corrected chi connectivity index (χ2v) is 7.39. The molecule has 0 bridgehead atoms. The van der Waals surface area contributed by atoms with Crippen LogP contribution in [0.15, 0.2) is 54.1 Å². The van der Waals surface area contributed by atoms with Gasteiger partial charge in [-0.2, -0.15) is 5.26 Å². The van der Waals surface area contributed by atoms with E-state index >= 15 is 0 Å². The maximum Gasteiger partial charge on any atom is 0.349 e. The number of hydrogen-bond donors (Lipinski definition) is 1. The molecule has 0 spiro atoms. The maximum absolute atomic E-state index is 12.2. The molecule has 31 heavy (non-hydrogen) atoms. The van der Waals surface area contributed by atoms with Crippen molar-refractivity contribution in [1.82, 2.24) is 4.90 Å². The van der Waals surface area contributed by atoms with Crippen LogP contribution in [0.25, 0.3) is 6.08 Å². The average molecular weight is 419 g/mol. The number of nitriles is 1. The quantitative estimate of drug-likeness (QED) is 0.420. The Labute approximate surface area is 181 Å². The topological polar surface area (TPSA) is 99.5 Å². The summed E-state index contributed by atoms with van der Waals surface area (Å²) in [6.45, 7) is 3.61. The minimum Gasteiger partial charge on any atom is -0.451 e. The zero-order valence-corrected chi connectivity index (χ0v) is 18.0. The molecule has 0 atom stereocenters.